The van der Waals surface area contributed by atoms with Gasteiger partial charge in [0.05, 0.1) is 12.2 Å². The number of aryl methyl sites for hydroxylation is 1. The predicted octanol–water partition coefficient (Wildman–Crippen LogP) is 3.23. The molecule has 0 atom stereocenters. The van der Waals surface area contributed by atoms with Gasteiger partial charge >= 0.3 is 0 Å². The fraction of sp³-hybridized carbons (Fsp3) is 0.533. The van der Waals surface area contributed by atoms with Crippen molar-refractivity contribution >= 4 is 17.4 Å². The van der Waals surface area contributed by atoms with Gasteiger partial charge in [-0.15, -0.1) is 0 Å². The summed E-state index contributed by atoms with van der Waals surface area (Å²) in [7, 11) is 0. The lowest BCUT2D eigenvalue weighted by atomic mass is 9.89. The van der Waals surface area contributed by atoms with Crippen LogP contribution >= 0.6 is 11.6 Å². The molecule has 0 amide bonds. The number of Topliss-reactive ketones (excluding diaryl/α,β-unsaturated/α-hetero) is 1. The van der Waals surface area contributed by atoms with Crippen molar-refractivity contribution in [2.45, 2.75) is 26.7 Å². The van der Waals surface area contributed by atoms with Gasteiger partial charge in [-0.25, -0.2) is 0 Å². The lowest BCUT2D eigenvalue weighted by Gasteiger charge is -2.22. The van der Waals surface area contributed by atoms with E-state index in [-0.39, 0.29) is 11.7 Å². The van der Waals surface area contributed by atoms with E-state index in [1.54, 1.807) is 6.07 Å². The summed E-state index contributed by atoms with van der Waals surface area (Å²) in [6.07, 6.45) is 1.77. The third-order valence-corrected chi connectivity index (χ3v) is 3.94. The molecule has 1 N–H and O–H groups in total. The second-order valence-electron chi connectivity index (χ2n) is 4.92. The molecule has 0 aliphatic carbocycles. The molecule has 1 fully saturated rings. The summed E-state index contributed by atoms with van der Waals surface area (Å²) < 4.78 is 5.59. The summed E-state index contributed by atoms with van der Waals surface area (Å²) in [6, 6.07) is 3.62. The van der Waals surface area contributed by atoms with Crippen molar-refractivity contribution in [1.29, 1.82) is 0 Å². The standard InChI is InChI=1S/C15H20ClNO2/c1-3-19-14-8-10(2)13(16)9-12(14)15(18)11-4-6-17-7-5-11/h8-9,11,17H,3-7H2,1-2H3. The van der Waals surface area contributed by atoms with Gasteiger partial charge in [0, 0.05) is 10.9 Å². The minimum absolute atomic E-state index is 0.0826. The molecule has 2 rings (SSSR count). The zero-order chi connectivity index (χ0) is 13.8. The lowest BCUT2D eigenvalue weighted by molar-refractivity contribution is 0.0891. The largest absolute Gasteiger partial charge is 0.493 e. The Kier molecular flexibility index (Phi) is 4.83. The van der Waals surface area contributed by atoms with Gasteiger partial charge in [0.1, 0.15) is 5.75 Å². The molecule has 104 valence electrons. The van der Waals surface area contributed by atoms with E-state index in [0.29, 0.717) is 22.9 Å². The fourth-order valence-electron chi connectivity index (χ4n) is 2.43. The van der Waals surface area contributed by atoms with E-state index in [4.69, 9.17) is 16.3 Å². The maximum atomic E-state index is 12.6. The second-order valence-corrected chi connectivity index (χ2v) is 5.33. The number of ketones is 1. The number of piperidine rings is 1. The molecule has 0 spiro atoms. The van der Waals surface area contributed by atoms with Crippen LogP contribution in [0, 0.1) is 12.8 Å². The first-order valence-electron chi connectivity index (χ1n) is 6.81. The minimum atomic E-state index is 0.0826. The molecule has 1 aliphatic heterocycles. The first-order valence-corrected chi connectivity index (χ1v) is 7.19. The van der Waals surface area contributed by atoms with Crippen molar-refractivity contribution in [3.8, 4) is 5.75 Å². The van der Waals surface area contributed by atoms with E-state index in [1.807, 2.05) is 19.9 Å². The topological polar surface area (TPSA) is 38.3 Å². The van der Waals surface area contributed by atoms with E-state index in [9.17, 15) is 4.79 Å². The van der Waals surface area contributed by atoms with Crippen molar-refractivity contribution < 1.29 is 9.53 Å². The number of halogens is 1. The zero-order valence-corrected chi connectivity index (χ0v) is 12.2. The number of carbonyl (C=O) groups is 1. The van der Waals surface area contributed by atoms with E-state index >= 15 is 0 Å². The van der Waals surface area contributed by atoms with E-state index in [2.05, 4.69) is 5.32 Å². The fourth-order valence-corrected chi connectivity index (χ4v) is 2.59. The van der Waals surface area contributed by atoms with Crippen molar-refractivity contribution in [3.63, 3.8) is 0 Å². The molecule has 0 saturated carbocycles. The van der Waals surface area contributed by atoms with Gasteiger partial charge in [0.15, 0.2) is 5.78 Å². The Labute approximate surface area is 119 Å². The number of hydrogen-bond donors (Lipinski definition) is 1. The molecular formula is C15H20ClNO2. The molecular weight excluding hydrogens is 262 g/mol. The van der Waals surface area contributed by atoms with Gasteiger partial charge in [0.25, 0.3) is 0 Å². The predicted molar refractivity (Wildman–Crippen MR) is 77.3 cm³/mol. The van der Waals surface area contributed by atoms with Crippen molar-refractivity contribution in [2.75, 3.05) is 19.7 Å². The van der Waals surface area contributed by atoms with Crippen molar-refractivity contribution in [3.05, 3.63) is 28.3 Å². The summed E-state index contributed by atoms with van der Waals surface area (Å²) in [4.78, 5) is 12.6. The Hall–Kier alpha value is -1.06. The van der Waals surface area contributed by atoms with Gasteiger partial charge in [-0.1, -0.05) is 11.6 Å². The van der Waals surface area contributed by atoms with Crippen LogP contribution in [0.15, 0.2) is 12.1 Å². The highest BCUT2D eigenvalue weighted by atomic mass is 35.5. The third kappa shape index (κ3) is 3.28. The summed E-state index contributed by atoms with van der Waals surface area (Å²) in [6.45, 7) is 6.19. The number of hydrogen-bond acceptors (Lipinski definition) is 3. The Morgan fingerprint density at radius 2 is 2.11 bits per heavy atom. The SMILES string of the molecule is CCOc1cc(C)c(Cl)cc1C(=O)C1CCNCC1. The molecule has 1 saturated heterocycles. The molecule has 0 aromatic heterocycles. The number of carbonyl (C=O) groups excluding carboxylic acids is 1. The van der Waals surface area contributed by atoms with Crippen LogP contribution in [-0.4, -0.2) is 25.5 Å². The zero-order valence-electron chi connectivity index (χ0n) is 11.5. The summed E-state index contributed by atoms with van der Waals surface area (Å²) in [5, 5.41) is 3.90. The van der Waals surface area contributed by atoms with Crippen LogP contribution < -0.4 is 10.1 Å². The molecule has 1 aromatic rings. The Morgan fingerprint density at radius 3 is 2.74 bits per heavy atom. The van der Waals surface area contributed by atoms with Gasteiger partial charge < -0.3 is 10.1 Å². The average molecular weight is 282 g/mol. The highest BCUT2D eigenvalue weighted by molar-refractivity contribution is 6.31. The molecule has 1 heterocycles. The van der Waals surface area contributed by atoms with Crippen LogP contribution in [0.1, 0.15) is 35.7 Å². The van der Waals surface area contributed by atoms with Crippen LogP contribution in [-0.2, 0) is 0 Å². The van der Waals surface area contributed by atoms with Crippen molar-refractivity contribution in [2.24, 2.45) is 5.92 Å². The molecule has 3 nitrogen and oxygen atoms in total. The number of ether oxygens (including phenoxy) is 1. The first kappa shape index (κ1) is 14.4. The first-order chi connectivity index (χ1) is 9.13. The summed E-state index contributed by atoms with van der Waals surface area (Å²) in [5.41, 5.74) is 1.57. The molecule has 0 unspecified atom stereocenters. The van der Waals surface area contributed by atoms with Gasteiger partial charge in [-0.05, 0) is 57.5 Å². The summed E-state index contributed by atoms with van der Waals surface area (Å²) >= 11 is 6.15. The maximum absolute atomic E-state index is 12.6. The average Bonchev–Trinajstić information content (AvgIpc) is 2.43. The summed E-state index contributed by atoms with van der Waals surface area (Å²) in [5.74, 6) is 0.902. The van der Waals surface area contributed by atoms with Crippen LogP contribution in [0.5, 0.6) is 5.75 Å². The maximum Gasteiger partial charge on any atom is 0.169 e. The highest BCUT2D eigenvalue weighted by Gasteiger charge is 2.25. The Balaban J connectivity index is 2.30. The molecule has 1 aliphatic rings. The highest BCUT2D eigenvalue weighted by Crippen LogP contribution is 2.30. The third-order valence-electron chi connectivity index (χ3n) is 3.54. The Bertz CT molecular complexity index is 467. The normalized spacial score (nSPS) is 16.4. The smallest absolute Gasteiger partial charge is 0.169 e. The monoisotopic (exact) mass is 281 g/mol. The van der Waals surface area contributed by atoms with Gasteiger partial charge in [-0.3, -0.25) is 4.79 Å². The molecule has 0 bridgehead atoms. The van der Waals surface area contributed by atoms with Crippen LogP contribution in [0.25, 0.3) is 0 Å². The van der Waals surface area contributed by atoms with Crippen LogP contribution in [0.4, 0.5) is 0 Å². The van der Waals surface area contributed by atoms with E-state index < -0.39 is 0 Å². The lowest BCUT2D eigenvalue weighted by Crippen LogP contribution is -2.32. The molecule has 0 radical (unpaired) electrons. The number of nitrogens with one attached hydrogen (secondary N) is 1. The molecule has 4 heteroatoms. The van der Waals surface area contributed by atoms with Crippen LogP contribution in [0.3, 0.4) is 0 Å². The molecule has 1 aromatic carbocycles. The van der Waals surface area contributed by atoms with Gasteiger partial charge in [0.2, 0.25) is 0 Å². The van der Waals surface area contributed by atoms with Crippen molar-refractivity contribution in [1.82, 2.24) is 5.32 Å². The van der Waals surface area contributed by atoms with E-state index in [0.717, 1.165) is 31.5 Å². The minimum Gasteiger partial charge on any atom is -0.493 e. The molecule has 19 heavy (non-hydrogen) atoms. The van der Waals surface area contributed by atoms with E-state index in [1.165, 1.54) is 0 Å². The number of rotatable bonds is 4. The quantitative estimate of drug-likeness (QED) is 0.861. The Morgan fingerprint density at radius 1 is 1.42 bits per heavy atom. The van der Waals surface area contributed by atoms with Crippen LogP contribution in [0.2, 0.25) is 5.02 Å². The second kappa shape index (κ2) is 6.40. The van der Waals surface area contributed by atoms with Gasteiger partial charge in [-0.2, -0.15) is 0 Å². The number of benzene rings is 1.